The number of amides is 2. The van der Waals surface area contributed by atoms with Gasteiger partial charge in [0.2, 0.25) is 5.91 Å². The van der Waals surface area contributed by atoms with Gasteiger partial charge < -0.3 is 16.4 Å². The van der Waals surface area contributed by atoms with Gasteiger partial charge in [0.1, 0.15) is 6.04 Å². The fourth-order valence-electron chi connectivity index (χ4n) is 3.67. The van der Waals surface area contributed by atoms with Crippen LogP contribution in [0.3, 0.4) is 0 Å². The second-order valence-corrected chi connectivity index (χ2v) is 10.1. The molecule has 0 aliphatic heterocycles. The number of nitriles is 1. The molecule has 0 radical (unpaired) electrons. The minimum absolute atomic E-state index is 0.338. The molecule has 0 saturated carbocycles. The zero-order chi connectivity index (χ0) is 26.2. The lowest BCUT2D eigenvalue weighted by Crippen LogP contribution is -2.44. The van der Waals surface area contributed by atoms with E-state index < -0.39 is 6.04 Å². The molecule has 1 heterocycles. The molecule has 0 spiro atoms. The quantitative estimate of drug-likeness (QED) is 0.250. The van der Waals surface area contributed by atoms with E-state index in [2.05, 4.69) is 21.7 Å². The number of anilines is 2. The summed E-state index contributed by atoms with van der Waals surface area (Å²) < 4.78 is 0. The monoisotopic (exact) mass is 527 g/mol. The van der Waals surface area contributed by atoms with Crippen molar-refractivity contribution in [2.24, 2.45) is 0 Å². The maximum atomic E-state index is 13.1. The van der Waals surface area contributed by atoms with E-state index in [4.69, 9.17) is 5.73 Å². The Morgan fingerprint density at radius 1 is 1.05 bits per heavy atom. The standard InChI is InChI=1S/C28H25N5O2S2/c1-36-12-11-24(31-26(34)20-7-9-23(30)10-8-20)27(35)33-28-32-25(17-37-28)22-14-18(16-29)13-21(15-22)19-5-3-2-4-6-19/h2-10,13-15,17,24H,11-12,30H2,1H3,(H,31,34)(H,32,33,35)/t24-/m0/s1. The highest BCUT2D eigenvalue weighted by Gasteiger charge is 2.22. The Morgan fingerprint density at radius 3 is 2.49 bits per heavy atom. The van der Waals surface area contributed by atoms with E-state index in [1.165, 1.54) is 11.3 Å². The van der Waals surface area contributed by atoms with Crippen LogP contribution in [0.5, 0.6) is 0 Å². The van der Waals surface area contributed by atoms with Crippen molar-refractivity contribution in [3.8, 4) is 28.5 Å². The van der Waals surface area contributed by atoms with E-state index in [1.54, 1.807) is 42.1 Å². The summed E-state index contributed by atoms with van der Waals surface area (Å²) >= 11 is 2.88. The number of carbonyl (C=O) groups excluding carboxylic acids is 2. The Hall–Kier alpha value is -4.13. The molecule has 1 aromatic heterocycles. The molecule has 1 atom stereocenters. The minimum Gasteiger partial charge on any atom is -0.399 e. The lowest BCUT2D eigenvalue weighted by molar-refractivity contribution is -0.118. The number of thioether (sulfide) groups is 1. The van der Waals surface area contributed by atoms with Crippen LogP contribution in [0.25, 0.3) is 22.4 Å². The van der Waals surface area contributed by atoms with Crippen molar-refractivity contribution in [1.82, 2.24) is 10.3 Å². The minimum atomic E-state index is -0.726. The highest BCUT2D eigenvalue weighted by atomic mass is 32.2. The molecule has 3 aromatic carbocycles. The largest absolute Gasteiger partial charge is 0.399 e. The van der Waals surface area contributed by atoms with Crippen molar-refractivity contribution in [3.05, 3.63) is 89.3 Å². The fourth-order valence-corrected chi connectivity index (χ4v) is 4.87. The van der Waals surface area contributed by atoms with Crippen LogP contribution in [0.1, 0.15) is 22.3 Å². The summed E-state index contributed by atoms with van der Waals surface area (Å²) in [6.07, 6.45) is 2.42. The predicted molar refractivity (Wildman–Crippen MR) is 151 cm³/mol. The van der Waals surface area contributed by atoms with E-state index in [0.29, 0.717) is 39.8 Å². The van der Waals surface area contributed by atoms with Gasteiger partial charge >= 0.3 is 0 Å². The van der Waals surface area contributed by atoms with Crippen LogP contribution in [0, 0.1) is 11.3 Å². The first kappa shape index (κ1) is 25.9. The summed E-state index contributed by atoms with van der Waals surface area (Å²) in [7, 11) is 0. The Bertz CT molecular complexity index is 1430. The molecule has 37 heavy (non-hydrogen) atoms. The van der Waals surface area contributed by atoms with Crippen molar-refractivity contribution in [1.29, 1.82) is 5.26 Å². The third-order valence-electron chi connectivity index (χ3n) is 5.60. The molecule has 2 amide bonds. The molecule has 4 rings (SSSR count). The number of nitrogen functional groups attached to an aromatic ring is 1. The topological polar surface area (TPSA) is 121 Å². The van der Waals surface area contributed by atoms with Gasteiger partial charge in [0.05, 0.1) is 17.3 Å². The molecule has 0 fully saturated rings. The fraction of sp³-hybridized carbons (Fsp3) is 0.143. The molecule has 9 heteroatoms. The summed E-state index contributed by atoms with van der Waals surface area (Å²) in [6.45, 7) is 0. The Balaban J connectivity index is 1.51. The third kappa shape index (κ3) is 6.76. The summed E-state index contributed by atoms with van der Waals surface area (Å²) in [5, 5.41) is 17.5. The molecular formula is C28H25N5O2S2. The number of nitrogens with zero attached hydrogens (tertiary/aromatic N) is 2. The molecule has 186 valence electrons. The van der Waals surface area contributed by atoms with Crippen LogP contribution in [-0.2, 0) is 4.79 Å². The summed E-state index contributed by atoms with van der Waals surface area (Å²) in [5.74, 6) is 0.0178. The number of rotatable bonds is 9. The number of aromatic nitrogens is 1. The van der Waals surface area contributed by atoms with Crippen molar-refractivity contribution in [2.45, 2.75) is 12.5 Å². The van der Waals surface area contributed by atoms with Crippen LogP contribution < -0.4 is 16.4 Å². The predicted octanol–water partition coefficient (Wildman–Crippen LogP) is 5.42. The van der Waals surface area contributed by atoms with Crippen molar-refractivity contribution in [3.63, 3.8) is 0 Å². The number of carbonyl (C=O) groups is 2. The molecule has 7 nitrogen and oxygen atoms in total. The van der Waals surface area contributed by atoms with Gasteiger partial charge in [0.15, 0.2) is 5.13 Å². The number of hydrogen-bond donors (Lipinski definition) is 3. The highest BCUT2D eigenvalue weighted by molar-refractivity contribution is 7.98. The second kappa shape index (κ2) is 12.2. The summed E-state index contributed by atoms with van der Waals surface area (Å²) in [5.41, 5.74) is 10.6. The first-order valence-corrected chi connectivity index (χ1v) is 13.8. The number of benzene rings is 3. The summed E-state index contributed by atoms with van der Waals surface area (Å²) in [4.78, 5) is 30.4. The van der Waals surface area contributed by atoms with Crippen LogP contribution in [0.15, 0.2) is 78.2 Å². The molecule has 4 aromatic rings. The van der Waals surface area contributed by atoms with Gasteiger partial charge in [0.25, 0.3) is 5.91 Å². The average Bonchev–Trinajstić information content (AvgIpc) is 3.40. The second-order valence-electron chi connectivity index (χ2n) is 8.23. The van der Waals surface area contributed by atoms with Crippen LogP contribution in [0.4, 0.5) is 10.8 Å². The Kier molecular flexibility index (Phi) is 8.56. The number of nitrogens with one attached hydrogen (secondary N) is 2. The number of thiazole rings is 1. The molecular weight excluding hydrogens is 502 g/mol. The van der Waals surface area contributed by atoms with Gasteiger partial charge in [0, 0.05) is 22.2 Å². The molecule has 0 saturated heterocycles. The van der Waals surface area contributed by atoms with Gasteiger partial charge in [-0.1, -0.05) is 30.3 Å². The first-order chi connectivity index (χ1) is 18.0. The Morgan fingerprint density at radius 2 is 1.78 bits per heavy atom. The Labute approximate surface area is 223 Å². The normalized spacial score (nSPS) is 11.4. The third-order valence-corrected chi connectivity index (χ3v) is 7.01. The zero-order valence-electron chi connectivity index (χ0n) is 20.1. The van der Waals surface area contributed by atoms with Gasteiger partial charge in [-0.25, -0.2) is 4.98 Å². The van der Waals surface area contributed by atoms with Gasteiger partial charge in [-0.05, 0) is 72.0 Å². The molecule has 0 unspecified atom stereocenters. The van der Waals surface area contributed by atoms with Gasteiger partial charge in [-0.15, -0.1) is 11.3 Å². The van der Waals surface area contributed by atoms with Gasteiger partial charge in [-0.3, -0.25) is 9.59 Å². The van der Waals surface area contributed by atoms with Crippen LogP contribution in [-0.4, -0.2) is 34.8 Å². The smallest absolute Gasteiger partial charge is 0.251 e. The molecule has 4 N–H and O–H groups in total. The van der Waals surface area contributed by atoms with E-state index >= 15 is 0 Å². The number of nitrogens with two attached hydrogens (primary N) is 1. The van der Waals surface area contributed by atoms with E-state index in [-0.39, 0.29) is 11.8 Å². The van der Waals surface area contributed by atoms with Crippen molar-refractivity contribution >= 4 is 45.7 Å². The van der Waals surface area contributed by atoms with E-state index in [9.17, 15) is 14.9 Å². The van der Waals surface area contributed by atoms with Gasteiger partial charge in [-0.2, -0.15) is 17.0 Å². The molecule has 0 aliphatic carbocycles. The van der Waals surface area contributed by atoms with Crippen molar-refractivity contribution in [2.75, 3.05) is 23.1 Å². The number of hydrogen-bond acceptors (Lipinski definition) is 7. The molecule has 0 aliphatic rings. The van der Waals surface area contributed by atoms with Crippen molar-refractivity contribution < 1.29 is 9.59 Å². The first-order valence-electron chi connectivity index (χ1n) is 11.5. The highest BCUT2D eigenvalue weighted by Crippen LogP contribution is 2.30. The maximum absolute atomic E-state index is 13.1. The molecule has 0 bridgehead atoms. The SMILES string of the molecule is CSCC[C@H](NC(=O)c1ccc(N)cc1)C(=O)Nc1nc(-c2cc(C#N)cc(-c3ccccc3)c2)cs1. The lowest BCUT2D eigenvalue weighted by Gasteiger charge is -2.17. The zero-order valence-corrected chi connectivity index (χ0v) is 21.7. The van der Waals surface area contributed by atoms with Crippen LogP contribution in [0.2, 0.25) is 0 Å². The maximum Gasteiger partial charge on any atom is 0.251 e. The van der Waals surface area contributed by atoms with E-state index in [1.807, 2.05) is 54.1 Å². The average molecular weight is 528 g/mol. The lowest BCUT2D eigenvalue weighted by atomic mass is 9.99. The van der Waals surface area contributed by atoms with E-state index in [0.717, 1.165) is 16.7 Å². The van der Waals surface area contributed by atoms with Crippen LogP contribution >= 0.6 is 23.1 Å². The summed E-state index contributed by atoms with van der Waals surface area (Å²) in [6, 6.07) is 23.4.